The molecule has 0 aliphatic rings. The zero-order valence-corrected chi connectivity index (χ0v) is 7.52. The summed E-state index contributed by atoms with van der Waals surface area (Å²) in [5.74, 6) is -2.26. The van der Waals surface area contributed by atoms with Crippen molar-refractivity contribution in [2.24, 2.45) is 0 Å². The number of carboxylic acids is 1. The van der Waals surface area contributed by atoms with Gasteiger partial charge in [-0.2, -0.15) is 0 Å². The van der Waals surface area contributed by atoms with Crippen LogP contribution in [0.4, 0.5) is 10.1 Å². The maximum absolute atomic E-state index is 13.1. The molecule has 1 rings (SSSR count). The van der Waals surface area contributed by atoms with Crippen LogP contribution in [0.25, 0.3) is 0 Å². The molecule has 13 heavy (non-hydrogen) atoms. The lowest BCUT2D eigenvalue weighted by molar-refractivity contribution is 0.0693. The summed E-state index contributed by atoms with van der Waals surface area (Å²) in [6, 6.07) is 2.71. The number of halogens is 2. The number of benzene rings is 1. The summed E-state index contributed by atoms with van der Waals surface area (Å²) in [6.45, 7) is 0. The average Bonchev–Trinajstić information content (AvgIpc) is 2.08. The topological polar surface area (TPSA) is 49.3 Å². The molecule has 0 bridgehead atoms. The van der Waals surface area contributed by atoms with Gasteiger partial charge in [-0.05, 0) is 12.1 Å². The second-order valence-corrected chi connectivity index (χ2v) is 2.75. The molecule has 0 aliphatic carbocycles. The van der Waals surface area contributed by atoms with Gasteiger partial charge in [0.1, 0.15) is 5.56 Å². The monoisotopic (exact) mass is 203 g/mol. The van der Waals surface area contributed by atoms with E-state index in [2.05, 4.69) is 5.32 Å². The third-order valence-electron chi connectivity index (χ3n) is 1.58. The van der Waals surface area contributed by atoms with Crippen LogP contribution in [-0.4, -0.2) is 18.1 Å². The first-order valence-electron chi connectivity index (χ1n) is 3.47. The van der Waals surface area contributed by atoms with Crippen LogP contribution in [0.15, 0.2) is 12.1 Å². The van der Waals surface area contributed by atoms with Crippen LogP contribution in [0.2, 0.25) is 5.02 Å². The van der Waals surface area contributed by atoms with Crippen molar-refractivity contribution in [3.63, 3.8) is 0 Å². The maximum Gasteiger partial charge on any atom is 0.340 e. The van der Waals surface area contributed by atoms with E-state index in [1.54, 1.807) is 0 Å². The Morgan fingerprint density at radius 1 is 1.62 bits per heavy atom. The molecule has 1 aromatic rings. The molecule has 0 amide bonds. The molecule has 5 heteroatoms. The van der Waals surface area contributed by atoms with E-state index in [1.807, 2.05) is 0 Å². The minimum Gasteiger partial charge on any atom is -0.478 e. The van der Waals surface area contributed by atoms with Crippen molar-refractivity contribution in [2.45, 2.75) is 0 Å². The first-order chi connectivity index (χ1) is 6.07. The normalized spacial score (nSPS) is 9.77. The second-order valence-electron chi connectivity index (χ2n) is 2.34. The molecule has 0 fully saturated rings. The van der Waals surface area contributed by atoms with Gasteiger partial charge in [-0.15, -0.1) is 0 Å². The van der Waals surface area contributed by atoms with Crippen molar-refractivity contribution < 1.29 is 14.3 Å². The second kappa shape index (κ2) is 3.62. The molecule has 0 aromatic heterocycles. The van der Waals surface area contributed by atoms with Crippen molar-refractivity contribution >= 4 is 23.3 Å². The zero-order valence-electron chi connectivity index (χ0n) is 6.77. The molecule has 1 aromatic carbocycles. The van der Waals surface area contributed by atoms with Gasteiger partial charge in [0.25, 0.3) is 0 Å². The number of nitrogens with one attached hydrogen (secondary N) is 1. The third kappa shape index (κ3) is 1.72. The number of hydrogen-bond donors (Lipinski definition) is 2. The molecular weight excluding hydrogens is 197 g/mol. The van der Waals surface area contributed by atoms with Crippen molar-refractivity contribution in [1.29, 1.82) is 0 Å². The van der Waals surface area contributed by atoms with Crippen LogP contribution in [0.3, 0.4) is 0 Å². The summed E-state index contributed by atoms with van der Waals surface area (Å²) < 4.78 is 13.1. The van der Waals surface area contributed by atoms with Gasteiger partial charge in [-0.25, -0.2) is 9.18 Å². The van der Waals surface area contributed by atoms with E-state index in [9.17, 15) is 9.18 Å². The van der Waals surface area contributed by atoms with Gasteiger partial charge < -0.3 is 10.4 Å². The van der Waals surface area contributed by atoms with Crippen molar-refractivity contribution in [3.05, 3.63) is 28.5 Å². The molecule has 0 atom stereocenters. The Balaban J connectivity index is 3.41. The lowest BCUT2D eigenvalue weighted by atomic mass is 10.1. The fraction of sp³-hybridized carbons (Fsp3) is 0.125. The van der Waals surface area contributed by atoms with Gasteiger partial charge in [-0.3, -0.25) is 0 Å². The van der Waals surface area contributed by atoms with Gasteiger partial charge >= 0.3 is 5.97 Å². The van der Waals surface area contributed by atoms with Gasteiger partial charge in [0.15, 0.2) is 5.82 Å². The van der Waals surface area contributed by atoms with Crippen LogP contribution < -0.4 is 5.32 Å². The molecule has 70 valence electrons. The van der Waals surface area contributed by atoms with Crippen LogP contribution in [0, 0.1) is 5.82 Å². The van der Waals surface area contributed by atoms with E-state index >= 15 is 0 Å². The number of aromatic carboxylic acids is 1. The fourth-order valence-electron chi connectivity index (χ4n) is 0.968. The van der Waals surface area contributed by atoms with E-state index < -0.39 is 17.3 Å². The summed E-state index contributed by atoms with van der Waals surface area (Å²) >= 11 is 5.42. The molecule has 0 unspecified atom stereocenters. The molecule has 0 heterocycles. The van der Waals surface area contributed by atoms with Crippen LogP contribution in [-0.2, 0) is 0 Å². The lowest BCUT2D eigenvalue weighted by Gasteiger charge is -2.06. The molecule has 3 nitrogen and oxygen atoms in total. The van der Waals surface area contributed by atoms with E-state index in [0.29, 0.717) is 0 Å². The summed E-state index contributed by atoms with van der Waals surface area (Å²) in [7, 11) is 1.51. The maximum atomic E-state index is 13.1. The highest BCUT2D eigenvalue weighted by atomic mass is 35.5. The highest BCUT2D eigenvalue weighted by molar-refractivity contribution is 6.31. The molecule has 0 aliphatic heterocycles. The Morgan fingerprint density at radius 2 is 2.23 bits per heavy atom. The Bertz CT molecular complexity index is 354. The lowest BCUT2D eigenvalue weighted by Crippen LogP contribution is -2.06. The smallest absolute Gasteiger partial charge is 0.340 e. The zero-order chi connectivity index (χ0) is 10.0. The Hall–Kier alpha value is -1.29. The van der Waals surface area contributed by atoms with E-state index in [-0.39, 0.29) is 10.7 Å². The summed E-state index contributed by atoms with van der Waals surface area (Å²) in [6.07, 6.45) is 0. The number of anilines is 1. The van der Waals surface area contributed by atoms with Gasteiger partial charge in [0.05, 0.1) is 10.7 Å². The Kier molecular flexibility index (Phi) is 2.72. The highest BCUT2D eigenvalue weighted by Gasteiger charge is 2.17. The predicted molar refractivity (Wildman–Crippen MR) is 47.9 cm³/mol. The molecule has 0 spiro atoms. The average molecular weight is 204 g/mol. The van der Waals surface area contributed by atoms with Gasteiger partial charge in [0.2, 0.25) is 0 Å². The van der Waals surface area contributed by atoms with Crippen LogP contribution in [0.1, 0.15) is 10.4 Å². The fourth-order valence-corrected chi connectivity index (χ4v) is 1.13. The van der Waals surface area contributed by atoms with Gasteiger partial charge in [-0.1, -0.05) is 11.6 Å². The Morgan fingerprint density at radius 3 is 2.69 bits per heavy atom. The van der Waals surface area contributed by atoms with Gasteiger partial charge in [0, 0.05) is 7.05 Å². The molecular formula is C8H7ClFNO2. The van der Waals surface area contributed by atoms with Crippen molar-refractivity contribution in [3.8, 4) is 0 Å². The molecule has 0 saturated carbocycles. The third-order valence-corrected chi connectivity index (χ3v) is 1.87. The van der Waals surface area contributed by atoms with Crippen LogP contribution >= 0.6 is 11.6 Å². The first-order valence-corrected chi connectivity index (χ1v) is 3.84. The number of carboxylic acid groups (broad SMARTS) is 1. The minimum absolute atomic E-state index is 0.198. The summed E-state index contributed by atoms with van der Waals surface area (Å²) in [5, 5.41) is 11.0. The summed E-state index contributed by atoms with van der Waals surface area (Å²) in [5.41, 5.74) is -0.232. The largest absolute Gasteiger partial charge is 0.478 e. The molecule has 0 saturated heterocycles. The molecule has 2 N–H and O–H groups in total. The van der Waals surface area contributed by atoms with Crippen molar-refractivity contribution in [1.82, 2.24) is 0 Å². The highest BCUT2D eigenvalue weighted by Crippen LogP contribution is 2.25. The summed E-state index contributed by atoms with van der Waals surface area (Å²) in [4.78, 5) is 10.6. The SMILES string of the molecule is CNc1ccc(Cl)c(F)c1C(=O)O. The van der Waals surface area contributed by atoms with E-state index in [4.69, 9.17) is 16.7 Å². The predicted octanol–water partition coefficient (Wildman–Crippen LogP) is 2.22. The minimum atomic E-state index is -1.34. The number of rotatable bonds is 2. The van der Waals surface area contributed by atoms with E-state index in [0.717, 1.165) is 0 Å². The number of hydrogen-bond acceptors (Lipinski definition) is 2. The Labute approximate surface area is 79.1 Å². The quantitative estimate of drug-likeness (QED) is 0.775. The molecule has 0 radical (unpaired) electrons. The van der Waals surface area contributed by atoms with Crippen molar-refractivity contribution in [2.75, 3.05) is 12.4 Å². The standard InChI is InChI=1S/C8H7ClFNO2/c1-11-5-3-2-4(9)7(10)6(5)8(12)13/h2-3,11H,1H3,(H,12,13). The number of carbonyl (C=O) groups is 1. The first kappa shape index (κ1) is 9.80. The van der Waals surface area contributed by atoms with Crippen LogP contribution in [0.5, 0.6) is 0 Å². The van der Waals surface area contributed by atoms with E-state index in [1.165, 1.54) is 19.2 Å².